The zero-order valence-electron chi connectivity index (χ0n) is 12.8. The van der Waals surface area contributed by atoms with E-state index in [1.807, 2.05) is 19.0 Å². The fraction of sp³-hybridized carbons (Fsp3) is 0.250. The van der Waals surface area contributed by atoms with E-state index < -0.39 is 5.78 Å². The molecule has 1 aromatic heterocycles. The van der Waals surface area contributed by atoms with Crippen molar-refractivity contribution in [3.63, 3.8) is 0 Å². The van der Waals surface area contributed by atoms with Crippen molar-refractivity contribution in [1.82, 2.24) is 15.1 Å². The quantitative estimate of drug-likeness (QED) is 0.692. The number of fused-ring (bicyclic) bond motifs is 2. The minimum atomic E-state index is -0.418. The van der Waals surface area contributed by atoms with Crippen molar-refractivity contribution in [3.8, 4) is 5.75 Å². The lowest BCUT2D eigenvalue weighted by Gasteiger charge is -2.21. The summed E-state index contributed by atoms with van der Waals surface area (Å²) in [5.41, 5.74) is 1.11. The number of ketones is 2. The number of carbonyl (C=O) groups is 2. The van der Waals surface area contributed by atoms with Gasteiger partial charge in [-0.1, -0.05) is 0 Å². The molecule has 1 aliphatic rings. The molecule has 1 aromatic carbocycles. The van der Waals surface area contributed by atoms with E-state index in [0.29, 0.717) is 12.2 Å². The number of nitrogens with zero attached hydrogens (tertiary/aromatic N) is 3. The molecule has 1 heterocycles. The van der Waals surface area contributed by atoms with Crippen molar-refractivity contribution in [2.45, 2.75) is 0 Å². The Labute approximate surface area is 133 Å². The molecule has 0 radical (unpaired) electrons. The molecule has 0 saturated carbocycles. The van der Waals surface area contributed by atoms with E-state index in [2.05, 4.69) is 15.5 Å². The van der Waals surface area contributed by atoms with Gasteiger partial charge >= 0.3 is 0 Å². The van der Waals surface area contributed by atoms with Gasteiger partial charge in [0, 0.05) is 18.8 Å². The molecule has 0 spiro atoms. The Morgan fingerprint density at radius 1 is 1.04 bits per heavy atom. The predicted octanol–water partition coefficient (Wildman–Crippen LogP) is 0.931. The van der Waals surface area contributed by atoms with Crippen molar-refractivity contribution >= 4 is 17.3 Å². The third kappa shape index (κ3) is 2.55. The predicted molar refractivity (Wildman–Crippen MR) is 84.0 cm³/mol. The lowest BCUT2D eigenvalue weighted by atomic mass is 9.84. The number of likely N-dealkylation sites (N-methyl/N-ethyl adjacent to an activating group) is 1. The number of phenols is 1. The molecular formula is C16H16N4O3. The minimum absolute atomic E-state index is 0.0188. The number of aromatic nitrogens is 2. The Morgan fingerprint density at radius 2 is 1.65 bits per heavy atom. The molecule has 0 bridgehead atoms. The number of phenolic OH excluding ortho intramolecular Hbond substituents is 1. The van der Waals surface area contributed by atoms with E-state index in [4.69, 9.17) is 0 Å². The highest BCUT2D eigenvalue weighted by atomic mass is 16.3. The summed E-state index contributed by atoms with van der Waals surface area (Å²) < 4.78 is 0. The Kier molecular flexibility index (Phi) is 3.79. The molecule has 0 fully saturated rings. The summed E-state index contributed by atoms with van der Waals surface area (Å²) in [5, 5.41) is 20.5. The van der Waals surface area contributed by atoms with Crippen LogP contribution in [0.25, 0.3) is 0 Å². The Bertz CT molecular complexity index is 802. The Morgan fingerprint density at radius 3 is 2.26 bits per heavy atom. The number of hydrogen-bond acceptors (Lipinski definition) is 7. The second-order valence-electron chi connectivity index (χ2n) is 5.59. The van der Waals surface area contributed by atoms with Gasteiger partial charge in [-0.2, -0.15) is 10.2 Å². The van der Waals surface area contributed by atoms with E-state index >= 15 is 0 Å². The zero-order valence-corrected chi connectivity index (χ0v) is 12.8. The molecule has 23 heavy (non-hydrogen) atoms. The molecule has 0 aliphatic heterocycles. The maximum atomic E-state index is 12.7. The summed E-state index contributed by atoms with van der Waals surface area (Å²) >= 11 is 0. The first-order valence-electron chi connectivity index (χ1n) is 7.15. The first kappa shape index (κ1) is 15.1. The molecule has 0 atom stereocenters. The van der Waals surface area contributed by atoms with Crippen molar-refractivity contribution in [3.05, 3.63) is 46.8 Å². The molecule has 7 nitrogen and oxygen atoms in total. The van der Waals surface area contributed by atoms with E-state index in [1.165, 1.54) is 18.5 Å². The Hall–Kier alpha value is -2.80. The first-order valence-corrected chi connectivity index (χ1v) is 7.15. The van der Waals surface area contributed by atoms with Gasteiger partial charge in [0.2, 0.25) is 0 Å². The molecule has 2 aromatic rings. The summed E-state index contributed by atoms with van der Waals surface area (Å²) in [6.45, 7) is 1.37. The standard InChI is InChI=1S/C16H16N4O3/c1-20(2)6-5-17-11-3-4-12(21)14-13(11)15(22)9-7-18-19-8-10(9)16(14)23/h3-4,7-8,17,21H,5-6H2,1-2H3. The highest BCUT2D eigenvalue weighted by Crippen LogP contribution is 2.36. The molecule has 118 valence electrons. The number of anilines is 1. The molecular weight excluding hydrogens is 296 g/mol. The van der Waals surface area contributed by atoms with Gasteiger partial charge in [-0.3, -0.25) is 9.59 Å². The zero-order chi connectivity index (χ0) is 16.6. The van der Waals surface area contributed by atoms with E-state index in [1.54, 1.807) is 6.07 Å². The van der Waals surface area contributed by atoms with Gasteiger partial charge in [0.15, 0.2) is 11.6 Å². The van der Waals surface area contributed by atoms with Crippen LogP contribution in [0.3, 0.4) is 0 Å². The molecule has 2 N–H and O–H groups in total. The van der Waals surface area contributed by atoms with E-state index in [0.717, 1.165) is 6.54 Å². The summed E-state index contributed by atoms with van der Waals surface area (Å²) in [4.78, 5) is 27.3. The van der Waals surface area contributed by atoms with Gasteiger partial charge in [0.25, 0.3) is 0 Å². The SMILES string of the molecule is CN(C)CCNc1ccc(O)c2c1C(=O)c1cnncc1C2=O. The van der Waals surface area contributed by atoms with Crippen LogP contribution in [0.4, 0.5) is 5.69 Å². The smallest absolute Gasteiger partial charge is 0.200 e. The van der Waals surface area contributed by atoms with Crippen LogP contribution in [0.1, 0.15) is 31.8 Å². The van der Waals surface area contributed by atoms with Crippen LogP contribution < -0.4 is 5.32 Å². The molecule has 7 heteroatoms. The van der Waals surface area contributed by atoms with Gasteiger partial charge in [-0.15, -0.1) is 0 Å². The van der Waals surface area contributed by atoms with E-state index in [9.17, 15) is 14.7 Å². The van der Waals surface area contributed by atoms with Crippen LogP contribution in [-0.4, -0.2) is 59.0 Å². The van der Waals surface area contributed by atoms with Crippen molar-refractivity contribution in [1.29, 1.82) is 0 Å². The monoisotopic (exact) mass is 312 g/mol. The van der Waals surface area contributed by atoms with Gasteiger partial charge in [-0.05, 0) is 26.2 Å². The van der Waals surface area contributed by atoms with Crippen LogP contribution >= 0.6 is 0 Å². The highest BCUT2D eigenvalue weighted by molar-refractivity contribution is 6.30. The first-order chi connectivity index (χ1) is 11.0. The largest absolute Gasteiger partial charge is 0.507 e. The average Bonchev–Trinajstić information content (AvgIpc) is 2.53. The van der Waals surface area contributed by atoms with Crippen molar-refractivity contribution in [2.24, 2.45) is 0 Å². The lowest BCUT2D eigenvalue weighted by molar-refractivity contribution is 0.0976. The maximum Gasteiger partial charge on any atom is 0.200 e. The summed E-state index contributed by atoms with van der Waals surface area (Å²) in [6, 6.07) is 3.02. The summed E-state index contributed by atoms with van der Waals surface area (Å²) in [6.07, 6.45) is 2.54. The third-order valence-corrected chi connectivity index (χ3v) is 3.73. The number of nitrogens with one attached hydrogen (secondary N) is 1. The van der Waals surface area contributed by atoms with Gasteiger partial charge < -0.3 is 15.3 Å². The van der Waals surface area contributed by atoms with Crippen LogP contribution in [0, 0.1) is 0 Å². The van der Waals surface area contributed by atoms with Crippen LogP contribution in [0.15, 0.2) is 24.5 Å². The fourth-order valence-electron chi connectivity index (χ4n) is 2.57. The van der Waals surface area contributed by atoms with Crippen molar-refractivity contribution in [2.75, 3.05) is 32.5 Å². The maximum absolute atomic E-state index is 12.7. The highest BCUT2D eigenvalue weighted by Gasteiger charge is 2.34. The topological polar surface area (TPSA) is 95.4 Å². The lowest BCUT2D eigenvalue weighted by Crippen LogP contribution is -2.25. The number of aromatic hydroxyl groups is 1. The number of benzene rings is 1. The molecule has 0 unspecified atom stereocenters. The molecule has 0 saturated heterocycles. The number of carbonyl (C=O) groups excluding carboxylic acids is 2. The fourth-order valence-corrected chi connectivity index (χ4v) is 2.57. The van der Waals surface area contributed by atoms with Crippen molar-refractivity contribution < 1.29 is 14.7 Å². The molecule has 1 aliphatic carbocycles. The second kappa shape index (κ2) is 5.77. The van der Waals surface area contributed by atoms with Crippen LogP contribution in [-0.2, 0) is 0 Å². The minimum Gasteiger partial charge on any atom is -0.507 e. The van der Waals surface area contributed by atoms with Crippen LogP contribution in [0.5, 0.6) is 5.75 Å². The summed E-state index contributed by atoms with van der Waals surface area (Å²) in [5.74, 6) is -0.968. The van der Waals surface area contributed by atoms with Gasteiger partial charge in [-0.25, -0.2) is 0 Å². The van der Waals surface area contributed by atoms with Crippen LogP contribution in [0.2, 0.25) is 0 Å². The normalized spacial score (nSPS) is 13.0. The molecule has 0 amide bonds. The number of rotatable bonds is 4. The number of hydrogen-bond donors (Lipinski definition) is 2. The van der Waals surface area contributed by atoms with E-state index in [-0.39, 0.29) is 33.8 Å². The van der Waals surface area contributed by atoms with Gasteiger partial charge in [0.1, 0.15) is 5.75 Å². The average molecular weight is 312 g/mol. The summed E-state index contributed by atoms with van der Waals surface area (Å²) in [7, 11) is 3.88. The third-order valence-electron chi connectivity index (χ3n) is 3.73. The molecule has 3 rings (SSSR count). The Balaban J connectivity index is 2.08. The van der Waals surface area contributed by atoms with Gasteiger partial charge in [0.05, 0.1) is 34.6 Å². The second-order valence-corrected chi connectivity index (χ2v) is 5.59.